The number of carbonyl (C=O) groups is 2. The van der Waals surface area contributed by atoms with Crippen molar-refractivity contribution < 1.29 is 49.1 Å². The lowest BCUT2D eigenvalue weighted by Gasteiger charge is -2.42. The van der Waals surface area contributed by atoms with Crippen LogP contribution in [-0.2, 0) is 37.3 Å². The van der Waals surface area contributed by atoms with Gasteiger partial charge in [0.1, 0.15) is 6.04 Å². The van der Waals surface area contributed by atoms with Crippen LogP contribution in [0.25, 0.3) is 0 Å². The zero-order valence-corrected chi connectivity index (χ0v) is 21.5. The number of nitrogens with zero attached hydrogens (tertiary/aromatic N) is 3. The van der Waals surface area contributed by atoms with Crippen molar-refractivity contribution in [1.29, 1.82) is 0 Å². The van der Waals surface area contributed by atoms with Crippen molar-refractivity contribution in [2.24, 2.45) is 5.92 Å². The second-order valence-corrected chi connectivity index (χ2v) is 11.7. The largest absolute Gasteiger partial charge is 0.522 e. The molecule has 3 aliphatic heterocycles. The van der Waals surface area contributed by atoms with Gasteiger partial charge in [-0.15, -0.1) is 13.2 Å². The maximum atomic E-state index is 13.3. The third-order valence-corrected chi connectivity index (χ3v) is 9.02. The summed E-state index contributed by atoms with van der Waals surface area (Å²) in [6.45, 7) is -0.652. The minimum atomic E-state index is -4.86. The SMILES string of the molecule is O=C(NCc1ccc(C(F)(F)F)cc1)[C@H]1CCCN1C(=O)C1CCCN(S(=O)(=O)N2CC(OC(F)(F)F)C2)C1. The molecule has 1 aromatic carbocycles. The lowest BCUT2D eigenvalue weighted by atomic mass is 9.97. The molecular weight excluding hydrogens is 558 g/mol. The third kappa shape index (κ3) is 7.02. The molecule has 3 heterocycles. The van der Waals surface area contributed by atoms with Crippen LogP contribution in [0.4, 0.5) is 26.3 Å². The standard InChI is InChI=1S/C23H28F6N4O5S/c24-22(25,26)17-7-5-15(6-8-17)11-30-20(34)19-4-2-10-33(19)21(35)16-3-1-9-31(12-16)39(36,37)32-13-18(14-32)38-23(27,28)29/h5-8,16,18-19H,1-4,9-14H2,(H,30,34)/t16?,19-/m1/s1. The van der Waals surface area contributed by atoms with Crippen LogP contribution in [-0.4, -0.2) is 85.0 Å². The fraction of sp³-hybridized carbons (Fsp3) is 0.652. The van der Waals surface area contributed by atoms with Crippen molar-refractivity contribution in [3.63, 3.8) is 0 Å². The summed E-state index contributed by atoms with van der Waals surface area (Å²) in [4.78, 5) is 27.6. The number of benzene rings is 1. The second-order valence-electron chi connectivity index (χ2n) is 9.81. The molecule has 39 heavy (non-hydrogen) atoms. The average Bonchev–Trinajstić information content (AvgIpc) is 3.33. The summed E-state index contributed by atoms with van der Waals surface area (Å²) in [7, 11) is -4.09. The summed E-state index contributed by atoms with van der Waals surface area (Å²) in [6.07, 6.45) is -8.93. The Hall–Kier alpha value is -2.43. The summed E-state index contributed by atoms with van der Waals surface area (Å²) in [5.41, 5.74) is -0.355. The summed E-state index contributed by atoms with van der Waals surface area (Å²) in [6, 6.07) is 3.55. The highest BCUT2D eigenvalue weighted by Crippen LogP contribution is 2.31. The zero-order valence-electron chi connectivity index (χ0n) is 20.7. The monoisotopic (exact) mass is 586 g/mol. The second kappa shape index (κ2) is 11.2. The number of carbonyl (C=O) groups excluding carboxylic acids is 2. The molecule has 0 spiro atoms. The lowest BCUT2D eigenvalue weighted by Crippen LogP contribution is -2.61. The van der Waals surface area contributed by atoms with Crippen molar-refractivity contribution >= 4 is 22.0 Å². The number of alkyl halides is 6. The van der Waals surface area contributed by atoms with Gasteiger partial charge in [-0.1, -0.05) is 12.1 Å². The van der Waals surface area contributed by atoms with Gasteiger partial charge < -0.3 is 10.2 Å². The minimum absolute atomic E-state index is 0.0279. The molecule has 0 aromatic heterocycles. The molecular formula is C23H28F6N4O5S. The maximum Gasteiger partial charge on any atom is 0.522 e. The zero-order chi connectivity index (χ0) is 28.6. The highest BCUT2D eigenvalue weighted by Gasteiger charge is 2.47. The van der Waals surface area contributed by atoms with E-state index in [-0.39, 0.29) is 25.5 Å². The Morgan fingerprint density at radius 1 is 0.923 bits per heavy atom. The molecule has 0 aliphatic carbocycles. The van der Waals surface area contributed by atoms with Gasteiger partial charge in [0, 0.05) is 39.3 Å². The van der Waals surface area contributed by atoms with Gasteiger partial charge in [-0.2, -0.15) is 30.2 Å². The third-order valence-electron chi connectivity index (χ3n) is 7.09. The van der Waals surface area contributed by atoms with Gasteiger partial charge in [-0.3, -0.25) is 14.3 Å². The number of piperidine rings is 1. The minimum Gasteiger partial charge on any atom is -0.350 e. The highest BCUT2D eigenvalue weighted by atomic mass is 32.2. The molecule has 4 rings (SSSR count). The number of likely N-dealkylation sites (tertiary alicyclic amines) is 1. The van der Waals surface area contributed by atoms with Crippen molar-refractivity contribution in [2.75, 3.05) is 32.7 Å². The Morgan fingerprint density at radius 2 is 1.56 bits per heavy atom. The molecule has 3 fully saturated rings. The molecule has 16 heteroatoms. The predicted molar refractivity (Wildman–Crippen MR) is 124 cm³/mol. The fourth-order valence-electron chi connectivity index (χ4n) is 5.03. The topological polar surface area (TPSA) is 99.3 Å². The molecule has 218 valence electrons. The quantitative estimate of drug-likeness (QED) is 0.496. The van der Waals surface area contributed by atoms with Crippen molar-refractivity contribution in [1.82, 2.24) is 18.8 Å². The van der Waals surface area contributed by atoms with Gasteiger partial charge in [-0.25, -0.2) is 0 Å². The average molecular weight is 587 g/mol. The maximum absolute atomic E-state index is 13.3. The first-order valence-electron chi connectivity index (χ1n) is 12.4. The van der Waals surface area contributed by atoms with E-state index in [9.17, 15) is 44.3 Å². The van der Waals surface area contributed by atoms with Crippen LogP contribution in [0.15, 0.2) is 24.3 Å². The van der Waals surface area contributed by atoms with Crippen molar-refractivity contribution in [3.8, 4) is 0 Å². The van der Waals surface area contributed by atoms with Crippen LogP contribution < -0.4 is 5.32 Å². The van der Waals surface area contributed by atoms with Crippen LogP contribution >= 0.6 is 0 Å². The van der Waals surface area contributed by atoms with Gasteiger partial charge in [0.25, 0.3) is 10.2 Å². The van der Waals surface area contributed by atoms with Gasteiger partial charge >= 0.3 is 12.5 Å². The Balaban J connectivity index is 1.32. The lowest BCUT2D eigenvalue weighted by molar-refractivity contribution is -0.351. The number of hydrogen-bond acceptors (Lipinski definition) is 5. The molecule has 0 saturated carbocycles. The first kappa shape index (κ1) is 29.6. The van der Waals surface area contributed by atoms with Crippen LogP contribution in [0.3, 0.4) is 0 Å². The normalized spacial score (nSPS) is 24.0. The van der Waals surface area contributed by atoms with Crippen molar-refractivity contribution in [2.45, 2.75) is 56.9 Å². The first-order chi connectivity index (χ1) is 18.1. The van der Waals surface area contributed by atoms with Gasteiger partial charge in [0.05, 0.1) is 17.6 Å². The molecule has 1 unspecified atom stereocenters. The molecule has 3 aliphatic rings. The first-order valence-corrected chi connectivity index (χ1v) is 13.8. The molecule has 1 N–H and O–H groups in total. The van der Waals surface area contributed by atoms with E-state index in [1.807, 2.05) is 0 Å². The molecule has 2 atom stereocenters. The predicted octanol–water partition coefficient (Wildman–Crippen LogP) is 2.49. The van der Waals surface area contributed by atoms with E-state index in [0.717, 1.165) is 20.7 Å². The molecule has 0 bridgehead atoms. The van der Waals surface area contributed by atoms with Crippen LogP contribution in [0.2, 0.25) is 0 Å². The number of halogens is 6. The molecule has 2 amide bonds. The number of ether oxygens (including phenoxy) is 1. The van der Waals surface area contributed by atoms with E-state index >= 15 is 0 Å². The molecule has 9 nitrogen and oxygen atoms in total. The van der Waals surface area contributed by atoms with E-state index in [2.05, 4.69) is 10.1 Å². The van der Waals surface area contributed by atoms with Gasteiger partial charge in [0.2, 0.25) is 11.8 Å². The van der Waals surface area contributed by atoms with Crippen LogP contribution in [0.1, 0.15) is 36.8 Å². The van der Waals surface area contributed by atoms with Crippen LogP contribution in [0, 0.1) is 5.92 Å². The number of hydrogen-bond donors (Lipinski definition) is 1. The van der Waals surface area contributed by atoms with Crippen LogP contribution in [0.5, 0.6) is 0 Å². The van der Waals surface area contributed by atoms with E-state index in [4.69, 9.17) is 0 Å². The van der Waals surface area contributed by atoms with E-state index in [1.165, 1.54) is 17.0 Å². The van der Waals surface area contributed by atoms with E-state index in [0.29, 0.717) is 37.8 Å². The smallest absolute Gasteiger partial charge is 0.350 e. The summed E-state index contributed by atoms with van der Waals surface area (Å²) in [5, 5.41) is 2.65. The summed E-state index contributed by atoms with van der Waals surface area (Å²) >= 11 is 0. The fourth-order valence-corrected chi connectivity index (χ4v) is 6.79. The Morgan fingerprint density at radius 3 is 2.18 bits per heavy atom. The highest BCUT2D eigenvalue weighted by molar-refractivity contribution is 7.86. The Labute approximate surface area is 221 Å². The van der Waals surface area contributed by atoms with E-state index < -0.39 is 65.4 Å². The molecule has 1 aromatic rings. The van der Waals surface area contributed by atoms with Gasteiger partial charge in [0.15, 0.2) is 0 Å². The Bertz CT molecular complexity index is 1160. The van der Waals surface area contributed by atoms with Crippen molar-refractivity contribution in [3.05, 3.63) is 35.4 Å². The molecule has 3 saturated heterocycles. The number of rotatable bonds is 7. The molecule has 0 radical (unpaired) electrons. The summed E-state index contributed by atoms with van der Waals surface area (Å²) < 4.78 is 107. The number of nitrogens with one attached hydrogen (secondary N) is 1. The number of amides is 2. The van der Waals surface area contributed by atoms with Gasteiger partial charge in [-0.05, 0) is 43.4 Å². The Kier molecular flexibility index (Phi) is 8.50. The summed E-state index contributed by atoms with van der Waals surface area (Å²) in [5.74, 6) is -1.57. The van der Waals surface area contributed by atoms with E-state index in [1.54, 1.807) is 0 Å².